The number of carbonyl (C=O) groups is 1. The van der Waals surface area contributed by atoms with Gasteiger partial charge in [0.15, 0.2) is 0 Å². The number of nitrogens with one attached hydrogen (secondary N) is 1. The molecule has 180 valence electrons. The number of amides is 1. The van der Waals surface area contributed by atoms with Crippen LogP contribution < -0.4 is 5.32 Å². The molecular weight excluding hydrogens is 466 g/mol. The minimum Gasteiger partial charge on any atom is -0.325 e. The lowest BCUT2D eigenvalue weighted by molar-refractivity contribution is -0.113. The lowest BCUT2D eigenvalue weighted by Crippen LogP contribution is -2.37. The van der Waals surface area contributed by atoms with Gasteiger partial charge in [-0.3, -0.25) is 4.79 Å². The molecule has 1 aliphatic rings. The average molecular weight is 498 g/mol. The van der Waals surface area contributed by atoms with Crippen molar-refractivity contribution in [3.05, 3.63) is 59.2 Å². The number of aromatic nitrogens is 1. The summed E-state index contributed by atoms with van der Waals surface area (Å²) in [6.07, 6.45) is 1.79. The van der Waals surface area contributed by atoms with Gasteiger partial charge in [-0.15, -0.1) is 0 Å². The summed E-state index contributed by atoms with van der Waals surface area (Å²) in [7, 11) is -3.51. The highest BCUT2D eigenvalue weighted by atomic mass is 32.2. The van der Waals surface area contributed by atoms with E-state index in [-0.39, 0.29) is 11.7 Å². The molecule has 4 rings (SSSR count). The van der Waals surface area contributed by atoms with E-state index < -0.39 is 10.0 Å². The van der Waals surface area contributed by atoms with E-state index in [0.29, 0.717) is 23.9 Å². The van der Waals surface area contributed by atoms with Gasteiger partial charge in [-0.2, -0.15) is 4.31 Å². The van der Waals surface area contributed by atoms with Gasteiger partial charge in [-0.1, -0.05) is 36.4 Å². The number of nitrogens with zero attached hydrogens (tertiary/aromatic N) is 2. The number of hydrogen-bond acceptors (Lipinski definition) is 5. The fraction of sp³-hybridized carbons (Fsp3) is 0.385. The molecule has 1 saturated heterocycles. The minimum atomic E-state index is -3.51. The van der Waals surface area contributed by atoms with E-state index in [1.165, 1.54) is 11.8 Å². The first-order chi connectivity index (χ1) is 16.1. The van der Waals surface area contributed by atoms with Gasteiger partial charge >= 0.3 is 0 Å². The second-order valence-electron chi connectivity index (χ2n) is 9.20. The molecule has 0 radical (unpaired) electrons. The second kappa shape index (κ2) is 10.1. The molecule has 0 unspecified atom stereocenters. The van der Waals surface area contributed by atoms with E-state index in [9.17, 15) is 13.2 Å². The van der Waals surface area contributed by atoms with Crippen LogP contribution in [-0.4, -0.2) is 42.5 Å². The van der Waals surface area contributed by atoms with Crippen molar-refractivity contribution in [2.75, 3.05) is 24.2 Å². The predicted octanol–water partition coefficient (Wildman–Crippen LogP) is 5.31. The molecule has 3 aromatic rings. The highest BCUT2D eigenvalue weighted by Gasteiger charge is 2.28. The number of piperidine rings is 1. The Labute approximate surface area is 206 Å². The van der Waals surface area contributed by atoms with Crippen LogP contribution in [0.4, 0.5) is 5.69 Å². The van der Waals surface area contributed by atoms with E-state index >= 15 is 0 Å². The number of anilines is 1. The number of rotatable bonds is 6. The van der Waals surface area contributed by atoms with Crippen LogP contribution in [0.1, 0.15) is 36.5 Å². The van der Waals surface area contributed by atoms with Crippen LogP contribution in [0.5, 0.6) is 0 Å². The van der Waals surface area contributed by atoms with Gasteiger partial charge in [0.2, 0.25) is 15.9 Å². The zero-order chi connectivity index (χ0) is 24.5. The third kappa shape index (κ3) is 5.45. The van der Waals surface area contributed by atoms with E-state index in [4.69, 9.17) is 0 Å². The van der Waals surface area contributed by atoms with Crippen LogP contribution in [0.3, 0.4) is 0 Å². The third-order valence-corrected chi connectivity index (χ3v) is 9.16. The first-order valence-electron chi connectivity index (χ1n) is 11.5. The summed E-state index contributed by atoms with van der Waals surface area (Å²) in [6, 6.07) is 13.0. The average Bonchev–Trinajstić information content (AvgIpc) is 2.79. The SMILES string of the molecule is Cc1ccc(NC(=O)CSc2cc(C)c3cc(S(=O)(=O)N4CCC(C)CC4)ccc3n2)c(C)c1. The quantitative estimate of drug-likeness (QED) is 0.467. The number of hydrogen-bond donors (Lipinski definition) is 1. The Morgan fingerprint density at radius 3 is 2.50 bits per heavy atom. The van der Waals surface area contributed by atoms with Crippen molar-refractivity contribution in [1.82, 2.24) is 9.29 Å². The Kier molecular flexibility index (Phi) is 7.31. The molecular formula is C26H31N3O3S2. The van der Waals surface area contributed by atoms with Crippen LogP contribution >= 0.6 is 11.8 Å². The van der Waals surface area contributed by atoms with Crippen molar-refractivity contribution in [3.63, 3.8) is 0 Å². The van der Waals surface area contributed by atoms with Gasteiger partial charge < -0.3 is 5.32 Å². The maximum atomic E-state index is 13.1. The minimum absolute atomic E-state index is 0.0891. The van der Waals surface area contributed by atoms with Crippen molar-refractivity contribution in [2.45, 2.75) is 50.5 Å². The molecule has 1 aromatic heterocycles. The number of fused-ring (bicyclic) bond motifs is 1. The molecule has 6 nitrogen and oxygen atoms in total. The first kappa shape index (κ1) is 24.7. The third-order valence-electron chi connectivity index (χ3n) is 6.35. The molecule has 1 N–H and O–H groups in total. The van der Waals surface area contributed by atoms with Crippen molar-refractivity contribution < 1.29 is 13.2 Å². The lowest BCUT2D eigenvalue weighted by atomic mass is 10.0. The zero-order valence-electron chi connectivity index (χ0n) is 20.1. The molecule has 1 aliphatic heterocycles. The van der Waals surface area contributed by atoms with Gasteiger partial charge in [-0.25, -0.2) is 13.4 Å². The summed E-state index contributed by atoms with van der Waals surface area (Å²) in [6.45, 7) is 9.25. The number of carbonyl (C=O) groups excluding carboxylic acids is 1. The molecule has 2 heterocycles. The molecule has 0 bridgehead atoms. The number of sulfonamides is 1. The zero-order valence-corrected chi connectivity index (χ0v) is 21.7. The van der Waals surface area contributed by atoms with Gasteiger partial charge in [0.05, 0.1) is 21.2 Å². The molecule has 1 amide bonds. The second-order valence-corrected chi connectivity index (χ2v) is 12.1. The van der Waals surface area contributed by atoms with E-state index in [1.54, 1.807) is 22.5 Å². The number of aryl methyl sites for hydroxylation is 3. The van der Waals surface area contributed by atoms with Gasteiger partial charge in [0, 0.05) is 24.2 Å². The Bertz CT molecular complexity index is 1330. The summed E-state index contributed by atoms with van der Waals surface area (Å²) < 4.78 is 27.9. The maximum Gasteiger partial charge on any atom is 0.243 e. The van der Waals surface area contributed by atoms with Crippen LogP contribution in [0, 0.1) is 26.7 Å². The largest absolute Gasteiger partial charge is 0.325 e. The summed E-state index contributed by atoms with van der Waals surface area (Å²) in [5.41, 5.74) is 4.66. The summed E-state index contributed by atoms with van der Waals surface area (Å²) in [5.74, 6) is 0.715. The van der Waals surface area contributed by atoms with E-state index in [1.807, 2.05) is 45.0 Å². The Morgan fingerprint density at radius 2 is 1.79 bits per heavy atom. The summed E-state index contributed by atoms with van der Waals surface area (Å²) >= 11 is 1.37. The number of benzene rings is 2. The molecule has 8 heteroatoms. The van der Waals surface area contributed by atoms with Gasteiger partial charge in [0.1, 0.15) is 0 Å². The fourth-order valence-electron chi connectivity index (χ4n) is 4.23. The van der Waals surface area contributed by atoms with Crippen molar-refractivity contribution in [1.29, 1.82) is 0 Å². The molecule has 1 fully saturated rings. The van der Waals surface area contributed by atoms with Gasteiger partial charge in [-0.05, 0) is 81.0 Å². The molecule has 0 atom stereocenters. The van der Waals surface area contributed by atoms with Crippen molar-refractivity contribution in [3.8, 4) is 0 Å². The Hall–Kier alpha value is -2.42. The number of thioether (sulfide) groups is 1. The highest BCUT2D eigenvalue weighted by molar-refractivity contribution is 7.99. The number of pyridine rings is 1. The normalized spacial score (nSPS) is 15.5. The maximum absolute atomic E-state index is 13.1. The molecule has 34 heavy (non-hydrogen) atoms. The van der Waals surface area contributed by atoms with E-state index in [0.717, 1.165) is 51.1 Å². The van der Waals surface area contributed by atoms with Crippen LogP contribution in [-0.2, 0) is 14.8 Å². The molecule has 0 aliphatic carbocycles. The predicted molar refractivity (Wildman–Crippen MR) is 139 cm³/mol. The Morgan fingerprint density at radius 1 is 1.06 bits per heavy atom. The van der Waals surface area contributed by atoms with Crippen LogP contribution in [0.25, 0.3) is 10.9 Å². The standard InChI is InChI=1S/C26H31N3O3S2/c1-17-9-11-29(12-10-17)34(31,32)21-6-8-24-22(15-21)19(3)14-26(28-24)33-16-25(30)27-23-7-5-18(2)13-20(23)4/h5-8,13-15,17H,9-12,16H2,1-4H3,(H,27,30). The monoisotopic (exact) mass is 497 g/mol. The summed E-state index contributed by atoms with van der Waals surface area (Å²) in [4.78, 5) is 17.4. The van der Waals surface area contributed by atoms with Crippen LogP contribution in [0.2, 0.25) is 0 Å². The molecule has 0 saturated carbocycles. The van der Waals surface area contributed by atoms with E-state index in [2.05, 4.69) is 17.2 Å². The summed E-state index contributed by atoms with van der Waals surface area (Å²) in [5, 5.41) is 4.51. The first-order valence-corrected chi connectivity index (χ1v) is 14.0. The highest BCUT2D eigenvalue weighted by Crippen LogP contribution is 2.29. The van der Waals surface area contributed by atoms with Crippen LogP contribution in [0.15, 0.2) is 52.4 Å². The molecule has 2 aromatic carbocycles. The van der Waals surface area contributed by atoms with Crippen molar-refractivity contribution >= 4 is 44.3 Å². The van der Waals surface area contributed by atoms with Crippen molar-refractivity contribution in [2.24, 2.45) is 5.92 Å². The van der Waals surface area contributed by atoms with Gasteiger partial charge in [0.25, 0.3) is 0 Å². The smallest absolute Gasteiger partial charge is 0.243 e. The topological polar surface area (TPSA) is 79.4 Å². The fourth-order valence-corrected chi connectivity index (χ4v) is 6.50. The molecule has 0 spiro atoms. The Balaban J connectivity index is 1.48. The lowest BCUT2D eigenvalue weighted by Gasteiger charge is -2.29.